The van der Waals surface area contributed by atoms with E-state index < -0.39 is 0 Å². The zero-order chi connectivity index (χ0) is 18.4. The molecule has 0 saturated carbocycles. The topological polar surface area (TPSA) is 38.3 Å². The second-order valence-electron chi connectivity index (χ2n) is 7.30. The van der Waals surface area contributed by atoms with E-state index in [0.717, 1.165) is 27.8 Å². The van der Waals surface area contributed by atoms with Crippen LogP contribution in [0.2, 0.25) is 0 Å². The van der Waals surface area contributed by atoms with Crippen LogP contribution in [0.4, 0.5) is 0 Å². The van der Waals surface area contributed by atoms with Crippen molar-refractivity contribution in [2.45, 2.75) is 34.1 Å². The van der Waals surface area contributed by atoms with Gasteiger partial charge in [-0.05, 0) is 60.6 Å². The molecule has 2 aromatic carbocycles. The molecule has 0 heterocycles. The molecule has 0 aliphatic carbocycles. The second kappa shape index (κ2) is 8.52. The normalized spacial score (nSPS) is 11.2. The second-order valence-corrected chi connectivity index (χ2v) is 8.22. The number of carbonyl (C=O) groups is 1. The minimum Gasteiger partial charge on any atom is -0.483 e. The molecular weight excluding hydrogens is 378 g/mol. The van der Waals surface area contributed by atoms with E-state index in [0.29, 0.717) is 6.54 Å². The predicted molar refractivity (Wildman–Crippen MR) is 106 cm³/mol. The molecule has 0 spiro atoms. The SMILES string of the molecule is Cc1ccc(C)c(OCC(=O)NCC(C)(C)Cc2ccc(Br)cc2)c1. The minimum absolute atomic E-state index is 0.0251. The van der Waals surface area contributed by atoms with Crippen molar-refractivity contribution in [3.8, 4) is 5.75 Å². The summed E-state index contributed by atoms with van der Waals surface area (Å²) in [5.41, 5.74) is 3.39. The van der Waals surface area contributed by atoms with Crippen molar-refractivity contribution in [2.24, 2.45) is 5.41 Å². The summed E-state index contributed by atoms with van der Waals surface area (Å²) in [5.74, 6) is 0.675. The molecule has 0 radical (unpaired) electrons. The largest absolute Gasteiger partial charge is 0.483 e. The van der Waals surface area contributed by atoms with E-state index in [1.54, 1.807) is 0 Å². The minimum atomic E-state index is -0.0928. The summed E-state index contributed by atoms with van der Waals surface area (Å²) in [6, 6.07) is 14.3. The molecule has 2 aromatic rings. The van der Waals surface area contributed by atoms with Gasteiger partial charge in [0.05, 0.1) is 0 Å². The van der Waals surface area contributed by atoms with Gasteiger partial charge in [0.2, 0.25) is 0 Å². The smallest absolute Gasteiger partial charge is 0.257 e. The van der Waals surface area contributed by atoms with Gasteiger partial charge < -0.3 is 10.1 Å². The number of aryl methyl sites for hydroxylation is 2. The lowest BCUT2D eigenvalue weighted by atomic mass is 9.85. The first-order valence-electron chi connectivity index (χ1n) is 8.46. The molecule has 1 amide bonds. The molecular formula is C21H26BrNO2. The summed E-state index contributed by atoms with van der Waals surface area (Å²) >= 11 is 3.45. The first-order valence-corrected chi connectivity index (χ1v) is 9.26. The summed E-state index contributed by atoms with van der Waals surface area (Å²) in [5, 5.41) is 2.99. The molecule has 2 rings (SSSR count). The number of halogens is 1. The van der Waals surface area contributed by atoms with Gasteiger partial charge in [0.1, 0.15) is 5.75 Å². The first-order chi connectivity index (χ1) is 11.7. The van der Waals surface area contributed by atoms with Crippen LogP contribution >= 0.6 is 15.9 Å². The number of benzene rings is 2. The highest BCUT2D eigenvalue weighted by Crippen LogP contribution is 2.22. The summed E-state index contributed by atoms with van der Waals surface area (Å²) in [6.07, 6.45) is 0.901. The highest BCUT2D eigenvalue weighted by atomic mass is 79.9. The van der Waals surface area contributed by atoms with Gasteiger partial charge in [0, 0.05) is 11.0 Å². The number of hydrogen-bond acceptors (Lipinski definition) is 2. The third-order valence-electron chi connectivity index (χ3n) is 4.06. The Balaban J connectivity index is 1.81. The van der Waals surface area contributed by atoms with Crippen molar-refractivity contribution in [1.29, 1.82) is 0 Å². The van der Waals surface area contributed by atoms with Crippen molar-refractivity contribution in [3.63, 3.8) is 0 Å². The first kappa shape index (κ1) is 19.5. The molecule has 134 valence electrons. The summed E-state index contributed by atoms with van der Waals surface area (Å²) < 4.78 is 6.73. The van der Waals surface area contributed by atoms with Crippen LogP contribution < -0.4 is 10.1 Å². The molecule has 0 fully saturated rings. The highest BCUT2D eigenvalue weighted by molar-refractivity contribution is 9.10. The quantitative estimate of drug-likeness (QED) is 0.718. The third kappa shape index (κ3) is 6.54. The Morgan fingerprint density at radius 3 is 2.48 bits per heavy atom. The molecule has 0 saturated heterocycles. The monoisotopic (exact) mass is 403 g/mol. The Morgan fingerprint density at radius 2 is 1.80 bits per heavy atom. The van der Waals surface area contributed by atoms with Gasteiger partial charge in [0.25, 0.3) is 5.91 Å². The zero-order valence-corrected chi connectivity index (χ0v) is 16.9. The average molecular weight is 404 g/mol. The Kier molecular flexibility index (Phi) is 6.65. The van der Waals surface area contributed by atoms with Crippen LogP contribution in [0.15, 0.2) is 46.9 Å². The molecule has 1 N–H and O–H groups in total. The van der Waals surface area contributed by atoms with Gasteiger partial charge in [-0.3, -0.25) is 4.79 Å². The van der Waals surface area contributed by atoms with E-state index in [4.69, 9.17) is 4.74 Å². The van der Waals surface area contributed by atoms with Crippen LogP contribution in [0.5, 0.6) is 5.75 Å². The van der Waals surface area contributed by atoms with E-state index in [1.165, 1.54) is 5.56 Å². The molecule has 0 bridgehead atoms. The van der Waals surface area contributed by atoms with E-state index in [1.807, 2.05) is 44.2 Å². The van der Waals surface area contributed by atoms with Crippen LogP contribution in [-0.2, 0) is 11.2 Å². The highest BCUT2D eigenvalue weighted by Gasteiger charge is 2.19. The Morgan fingerprint density at radius 1 is 1.12 bits per heavy atom. The van der Waals surface area contributed by atoms with Crippen molar-refractivity contribution in [3.05, 3.63) is 63.6 Å². The van der Waals surface area contributed by atoms with E-state index in [2.05, 4.69) is 47.2 Å². The van der Waals surface area contributed by atoms with E-state index >= 15 is 0 Å². The van der Waals surface area contributed by atoms with Gasteiger partial charge in [-0.15, -0.1) is 0 Å². The van der Waals surface area contributed by atoms with Gasteiger partial charge in [-0.25, -0.2) is 0 Å². The molecule has 0 aliphatic rings. The zero-order valence-electron chi connectivity index (χ0n) is 15.4. The number of nitrogens with one attached hydrogen (secondary N) is 1. The Labute approximate surface area is 158 Å². The van der Waals surface area contributed by atoms with Crippen LogP contribution in [0.3, 0.4) is 0 Å². The Hall–Kier alpha value is -1.81. The fourth-order valence-electron chi connectivity index (χ4n) is 2.61. The predicted octanol–water partition coefficient (Wildman–Crippen LogP) is 4.83. The molecule has 25 heavy (non-hydrogen) atoms. The number of rotatable bonds is 7. The van der Waals surface area contributed by atoms with Crippen LogP contribution in [0.1, 0.15) is 30.5 Å². The lowest BCUT2D eigenvalue weighted by Crippen LogP contribution is -2.37. The fourth-order valence-corrected chi connectivity index (χ4v) is 2.88. The van der Waals surface area contributed by atoms with Crippen LogP contribution in [0, 0.1) is 19.3 Å². The van der Waals surface area contributed by atoms with Gasteiger partial charge in [-0.1, -0.05) is 54.0 Å². The maximum Gasteiger partial charge on any atom is 0.257 e. The number of hydrogen-bond donors (Lipinski definition) is 1. The van der Waals surface area contributed by atoms with Crippen molar-refractivity contribution < 1.29 is 9.53 Å². The molecule has 0 aliphatic heterocycles. The average Bonchev–Trinajstić information content (AvgIpc) is 2.56. The molecule has 0 unspecified atom stereocenters. The maximum absolute atomic E-state index is 12.1. The standard InChI is InChI=1S/C21H26BrNO2/c1-15-5-6-16(2)19(11-15)25-13-20(24)23-14-21(3,4)12-17-7-9-18(22)10-8-17/h5-11H,12-14H2,1-4H3,(H,23,24). The molecule has 4 heteroatoms. The van der Waals surface area contributed by atoms with Crippen LogP contribution in [0.25, 0.3) is 0 Å². The lowest BCUT2D eigenvalue weighted by Gasteiger charge is -2.25. The van der Waals surface area contributed by atoms with Gasteiger partial charge in [-0.2, -0.15) is 0 Å². The number of amides is 1. The van der Waals surface area contributed by atoms with Crippen molar-refractivity contribution in [1.82, 2.24) is 5.32 Å². The van der Waals surface area contributed by atoms with Gasteiger partial charge >= 0.3 is 0 Å². The number of carbonyl (C=O) groups excluding carboxylic acids is 1. The Bertz CT molecular complexity index is 723. The lowest BCUT2D eigenvalue weighted by molar-refractivity contribution is -0.123. The summed E-state index contributed by atoms with van der Waals surface area (Å²) in [4.78, 5) is 12.1. The molecule has 0 atom stereocenters. The maximum atomic E-state index is 12.1. The van der Waals surface area contributed by atoms with Crippen LogP contribution in [-0.4, -0.2) is 19.1 Å². The van der Waals surface area contributed by atoms with Crippen molar-refractivity contribution in [2.75, 3.05) is 13.2 Å². The fraction of sp³-hybridized carbons (Fsp3) is 0.381. The van der Waals surface area contributed by atoms with Gasteiger partial charge in [0.15, 0.2) is 6.61 Å². The summed E-state index contributed by atoms with van der Waals surface area (Å²) in [7, 11) is 0. The van der Waals surface area contributed by atoms with E-state index in [9.17, 15) is 4.79 Å². The molecule has 0 aromatic heterocycles. The van der Waals surface area contributed by atoms with E-state index in [-0.39, 0.29) is 17.9 Å². The third-order valence-corrected chi connectivity index (χ3v) is 4.59. The number of ether oxygens (including phenoxy) is 1. The van der Waals surface area contributed by atoms with Crippen molar-refractivity contribution >= 4 is 21.8 Å². The molecule has 3 nitrogen and oxygen atoms in total. The summed E-state index contributed by atoms with van der Waals surface area (Å²) in [6.45, 7) is 8.95.